The fourth-order valence-corrected chi connectivity index (χ4v) is 4.27. The molecule has 0 radical (unpaired) electrons. The molecule has 1 aromatic carbocycles. The summed E-state index contributed by atoms with van der Waals surface area (Å²) in [5.74, 6) is -1.56. The van der Waals surface area contributed by atoms with Crippen LogP contribution < -0.4 is 11.1 Å². The van der Waals surface area contributed by atoms with Crippen molar-refractivity contribution >= 4 is 28.9 Å². The molecule has 4 N–H and O–H groups in total. The molecule has 8 heteroatoms. The highest BCUT2D eigenvalue weighted by molar-refractivity contribution is 7.13. The number of carbonyl (C=O) groups is 3. The molecule has 32 heavy (non-hydrogen) atoms. The van der Waals surface area contributed by atoms with Crippen molar-refractivity contribution in [2.45, 2.75) is 45.1 Å². The van der Waals surface area contributed by atoms with Crippen LogP contribution in [-0.2, 0) is 27.2 Å². The first kappa shape index (κ1) is 23.4. The SMILES string of the molecule is CC[C@H](NC(=O)CCc1ccc(-c2cccs2)cc1)C(=O)C[C@@H](Cc1cnc[nH]1)C(N)=O. The highest BCUT2D eigenvalue weighted by Crippen LogP contribution is 2.24. The third-order valence-electron chi connectivity index (χ3n) is 5.40. The highest BCUT2D eigenvalue weighted by atomic mass is 32.1. The van der Waals surface area contributed by atoms with Gasteiger partial charge in [0.1, 0.15) is 0 Å². The zero-order chi connectivity index (χ0) is 22.9. The lowest BCUT2D eigenvalue weighted by Gasteiger charge is -2.19. The molecule has 0 aliphatic carbocycles. The molecule has 2 atom stereocenters. The van der Waals surface area contributed by atoms with Crippen molar-refractivity contribution in [3.8, 4) is 10.4 Å². The minimum Gasteiger partial charge on any atom is -0.369 e. The number of H-pyrrole nitrogens is 1. The van der Waals surface area contributed by atoms with Crippen molar-refractivity contribution in [3.05, 3.63) is 65.6 Å². The van der Waals surface area contributed by atoms with Gasteiger partial charge in [0.2, 0.25) is 11.8 Å². The van der Waals surface area contributed by atoms with Gasteiger partial charge in [-0.25, -0.2) is 4.98 Å². The number of benzene rings is 1. The van der Waals surface area contributed by atoms with E-state index in [4.69, 9.17) is 5.73 Å². The molecule has 2 heterocycles. The Balaban J connectivity index is 1.49. The Labute approximate surface area is 191 Å². The minimum atomic E-state index is -0.643. The molecule has 3 rings (SSSR count). The van der Waals surface area contributed by atoms with Crippen LogP contribution in [0.15, 0.2) is 54.3 Å². The van der Waals surface area contributed by atoms with Crippen molar-refractivity contribution in [2.75, 3.05) is 0 Å². The number of amides is 2. The molecule has 0 aliphatic heterocycles. The number of aromatic amines is 1. The predicted octanol–water partition coefficient (Wildman–Crippen LogP) is 3.27. The predicted molar refractivity (Wildman–Crippen MR) is 125 cm³/mol. The molecule has 0 saturated heterocycles. The third kappa shape index (κ3) is 6.62. The zero-order valence-corrected chi connectivity index (χ0v) is 18.9. The van der Waals surface area contributed by atoms with Gasteiger partial charge in [0.25, 0.3) is 0 Å². The van der Waals surface area contributed by atoms with E-state index in [1.54, 1.807) is 17.5 Å². The quantitative estimate of drug-likeness (QED) is 0.391. The Morgan fingerprint density at radius 2 is 1.97 bits per heavy atom. The van der Waals surface area contributed by atoms with Gasteiger partial charge < -0.3 is 16.0 Å². The lowest BCUT2D eigenvalue weighted by atomic mass is 9.93. The average Bonchev–Trinajstić information content (AvgIpc) is 3.50. The number of carbonyl (C=O) groups excluding carboxylic acids is 3. The van der Waals surface area contributed by atoms with Crippen LogP contribution in [0.3, 0.4) is 0 Å². The van der Waals surface area contributed by atoms with Crippen molar-refractivity contribution < 1.29 is 14.4 Å². The summed E-state index contributed by atoms with van der Waals surface area (Å²) in [6.07, 6.45) is 4.74. The summed E-state index contributed by atoms with van der Waals surface area (Å²) < 4.78 is 0. The Bertz CT molecular complexity index is 1010. The van der Waals surface area contributed by atoms with E-state index in [1.165, 1.54) is 11.2 Å². The second kappa shape index (κ2) is 11.4. The van der Waals surface area contributed by atoms with Crippen LogP contribution in [-0.4, -0.2) is 33.6 Å². The van der Waals surface area contributed by atoms with Gasteiger partial charge in [-0.1, -0.05) is 37.3 Å². The Kier molecular flexibility index (Phi) is 8.33. The van der Waals surface area contributed by atoms with Crippen LogP contribution in [0, 0.1) is 5.92 Å². The van der Waals surface area contributed by atoms with Gasteiger partial charge in [0.05, 0.1) is 18.3 Å². The summed E-state index contributed by atoms with van der Waals surface area (Å²) in [7, 11) is 0. The highest BCUT2D eigenvalue weighted by Gasteiger charge is 2.26. The number of aromatic nitrogens is 2. The summed E-state index contributed by atoms with van der Waals surface area (Å²) in [6.45, 7) is 1.83. The van der Waals surface area contributed by atoms with E-state index in [1.807, 2.05) is 30.5 Å². The molecule has 0 bridgehead atoms. The fraction of sp³-hybridized carbons (Fsp3) is 0.333. The normalized spacial score (nSPS) is 12.8. The van der Waals surface area contributed by atoms with Crippen LogP contribution in [0.1, 0.15) is 37.4 Å². The lowest BCUT2D eigenvalue weighted by molar-refractivity contribution is -0.130. The number of hydrogen-bond donors (Lipinski definition) is 3. The molecule has 2 amide bonds. The van der Waals surface area contributed by atoms with Crippen LogP contribution in [0.4, 0.5) is 0 Å². The van der Waals surface area contributed by atoms with E-state index >= 15 is 0 Å². The Hall–Kier alpha value is -3.26. The number of ketones is 1. The number of thiophene rings is 1. The molecule has 168 valence electrons. The van der Waals surface area contributed by atoms with Crippen LogP contribution in [0.5, 0.6) is 0 Å². The molecule has 7 nitrogen and oxygen atoms in total. The Morgan fingerprint density at radius 3 is 2.56 bits per heavy atom. The number of nitrogens with two attached hydrogens (primary N) is 1. The van der Waals surface area contributed by atoms with E-state index < -0.39 is 17.9 Å². The van der Waals surface area contributed by atoms with Crippen molar-refractivity contribution in [1.29, 1.82) is 0 Å². The van der Waals surface area contributed by atoms with E-state index in [0.717, 1.165) is 16.8 Å². The van der Waals surface area contributed by atoms with E-state index in [2.05, 4.69) is 33.5 Å². The van der Waals surface area contributed by atoms with Crippen LogP contribution in [0.2, 0.25) is 0 Å². The van der Waals surface area contributed by atoms with Gasteiger partial charge in [-0.3, -0.25) is 14.4 Å². The van der Waals surface area contributed by atoms with E-state index in [9.17, 15) is 14.4 Å². The van der Waals surface area contributed by atoms with Gasteiger partial charge in [0.15, 0.2) is 5.78 Å². The number of rotatable bonds is 12. The topological polar surface area (TPSA) is 118 Å². The number of imidazole rings is 1. The number of nitrogens with zero attached hydrogens (tertiary/aromatic N) is 1. The zero-order valence-electron chi connectivity index (χ0n) is 18.0. The fourth-order valence-electron chi connectivity index (χ4n) is 3.53. The van der Waals surface area contributed by atoms with Gasteiger partial charge in [-0.15, -0.1) is 11.3 Å². The standard InChI is InChI=1S/C24H28N4O3S/c1-2-20(21(29)13-18(24(25)31)12-19-14-26-15-27-19)28-23(30)10-7-16-5-8-17(9-6-16)22-4-3-11-32-22/h3-6,8-9,11,14-15,18,20H,2,7,10,12-13H2,1H3,(H2,25,31)(H,26,27)(H,28,30)/t18-,20+/m1/s1. The van der Waals surface area contributed by atoms with Gasteiger partial charge in [0, 0.05) is 36.0 Å². The number of aryl methyl sites for hydroxylation is 1. The number of primary amides is 1. The maximum Gasteiger partial charge on any atom is 0.221 e. The lowest BCUT2D eigenvalue weighted by Crippen LogP contribution is -2.42. The van der Waals surface area contributed by atoms with Gasteiger partial charge in [-0.05, 0) is 35.4 Å². The van der Waals surface area contributed by atoms with Crippen molar-refractivity contribution in [3.63, 3.8) is 0 Å². The summed E-state index contributed by atoms with van der Waals surface area (Å²) in [5.41, 5.74) is 8.45. The number of hydrogen-bond acceptors (Lipinski definition) is 5. The second-order valence-electron chi connectivity index (χ2n) is 7.75. The molecule has 2 aromatic heterocycles. The first-order chi connectivity index (χ1) is 15.5. The monoisotopic (exact) mass is 452 g/mol. The Morgan fingerprint density at radius 1 is 1.19 bits per heavy atom. The average molecular weight is 453 g/mol. The summed E-state index contributed by atoms with van der Waals surface area (Å²) in [4.78, 5) is 45.0. The number of nitrogens with one attached hydrogen (secondary N) is 2. The molecule has 3 aromatic rings. The smallest absolute Gasteiger partial charge is 0.221 e. The van der Waals surface area contributed by atoms with E-state index in [0.29, 0.717) is 19.3 Å². The third-order valence-corrected chi connectivity index (χ3v) is 6.32. The molecule has 0 saturated carbocycles. The largest absolute Gasteiger partial charge is 0.369 e. The summed E-state index contributed by atoms with van der Waals surface area (Å²) in [5, 5.41) is 4.86. The van der Waals surface area contributed by atoms with Crippen LogP contribution >= 0.6 is 11.3 Å². The molecular weight excluding hydrogens is 424 g/mol. The maximum atomic E-state index is 12.7. The second-order valence-corrected chi connectivity index (χ2v) is 8.70. The molecular formula is C24H28N4O3S. The van der Waals surface area contributed by atoms with Crippen molar-refractivity contribution in [1.82, 2.24) is 15.3 Å². The van der Waals surface area contributed by atoms with Gasteiger partial charge >= 0.3 is 0 Å². The maximum absolute atomic E-state index is 12.7. The molecule has 0 unspecified atom stereocenters. The first-order valence-electron chi connectivity index (χ1n) is 10.7. The molecule has 0 aliphatic rings. The summed E-state index contributed by atoms with van der Waals surface area (Å²) in [6, 6.07) is 11.6. The molecule has 0 spiro atoms. The summed E-state index contributed by atoms with van der Waals surface area (Å²) >= 11 is 1.69. The van der Waals surface area contributed by atoms with Crippen LogP contribution in [0.25, 0.3) is 10.4 Å². The first-order valence-corrected chi connectivity index (χ1v) is 11.6. The number of Topliss-reactive ketones (excluding diaryl/α,β-unsaturated/α-hetero) is 1. The van der Waals surface area contributed by atoms with E-state index in [-0.39, 0.29) is 24.5 Å². The minimum absolute atomic E-state index is 0.0165. The van der Waals surface area contributed by atoms with Crippen molar-refractivity contribution in [2.24, 2.45) is 11.7 Å². The van der Waals surface area contributed by atoms with Gasteiger partial charge in [-0.2, -0.15) is 0 Å². The molecule has 0 fully saturated rings.